The molecule has 0 aliphatic rings. The van der Waals surface area contributed by atoms with Gasteiger partial charge < -0.3 is 4.74 Å². The number of nitrogens with zero attached hydrogens (tertiary/aromatic N) is 1. The topological polar surface area (TPSA) is 12.5 Å². The molecule has 0 aromatic rings. The lowest BCUT2D eigenvalue weighted by molar-refractivity contribution is 0.194. The van der Waals surface area contributed by atoms with Gasteiger partial charge in [-0.3, -0.25) is 4.90 Å². The molecule has 84 valence electrons. The largest absolute Gasteiger partial charge is 0.384 e. The average Bonchev–Trinajstić information content (AvgIpc) is 2.09. The van der Waals surface area contributed by atoms with Gasteiger partial charge in [0, 0.05) is 32.3 Å². The summed E-state index contributed by atoms with van der Waals surface area (Å²) < 4.78 is 4.98. The first-order chi connectivity index (χ1) is 6.59. The van der Waals surface area contributed by atoms with Gasteiger partial charge in [-0.15, -0.1) is 0 Å². The van der Waals surface area contributed by atoms with E-state index in [0.717, 1.165) is 19.6 Å². The molecule has 0 aliphatic heterocycles. The molecule has 0 fully saturated rings. The van der Waals surface area contributed by atoms with E-state index in [2.05, 4.69) is 44.7 Å². The van der Waals surface area contributed by atoms with Crippen molar-refractivity contribution in [2.45, 2.75) is 46.2 Å². The van der Waals surface area contributed by atoms with Crippen LogP contribution in [-0.2, 0) is 4.74 Å². The van der Waals surface area contributed by atoms with Crippen LogP contribution in [0.2, 0.25) is 0 Å². The second kappa shape index (κ2) is 8.01. The summed E-state index contributed by atoms with van der Waals surface area (Å²) in [6.45, 7) is 10.8. The molecule has 0 aromatic heterocycles. The van der Waals surface area contributed by atoms with Crippen molar-refractivity contribution < 1.29 is 4.74 Å². The Kier molecular flexibility index (Phi) is 7.81. The maximum Gasteiger partial charge on any atom is 0.0496 e. The lowest BCUT2D eigenvalue weighted by Crippen LogP contribution is -2.36. The van der Waals surface area contributed by atoms with E-state index in [1.54, 1.807) is 7.11 Å². The zero-order chi connectivity index (χ0) is 11.0. The molecule has 0 amide bonds. The monoisotopic (exact) mass is 199 g/mol. The minimum absolute atomic E-state index is 0.613. The third-order valence-corrected chi connectivity index (χ3v) is 2.30. The van der Waals surface area contributed by atoms with Crippen molar-refractivity contribution >= 4 is 0 Å². The summed E-state index contributed by atoms with van der Waals surface area (Å²) in [5.74, 6) is 0. The minimum Gasteiger partial charge on any atom is -0.384 e. The Morgan fingerprint density at radius 3 is 2.07 bits per heavy atom. The first-order valence-corrected chi connectivity index (χ1v) is 5.49. The Morgan fingerprint density at radius 1 is 1.07 bits per heavy atom. The Balaban J connectivity index is 3.76. The fraction of sp³-hybridized carbons (Fsp3) is 0.833. The van der Waals surface area contributed by atoms with Crippen molar-refractivity contribution in [2.75, 3.05) is 20.3 Å². The predicted octanol–water partition coefficient (Wildman–Crippen LogP) is 2.70. The average molecular weight is 199 g/mol. The van der Waals surface area contributed by atoms with Gasteiger partial charge in [0.25, 0.3) is 0 Å². The van der Waals surface area contributed by atoms with Gasteiger partial charge in [-0.05, 0) is 34.1 Å². The summed E-state index contributed by atoms with van der Waals surface area (Å²) >= 11 is 0. The maximum absolute atomic E-state index is 4.98. The standard InChI is InChI=1S/C12H25NO/c1-11(2)13(12(3)4)9-7-6-8-10-14-5/h6-7,11-12H,8-10H2,1-5H3/b7-6+. The molecule has 2 nitrogen and oxygen atoms in total. The van der Waals surface area contributed by atoms with Crippen molar-refractivity contribution in [3.05, 3.63) is 12.2 Å². The number of methoxy groups -OCH3 is 1. The predicted molar refractivity (Wildman–Crippen MR) is 62.6 cm³/mol. The van der Waals surface area contributed by atoms with E-state index in [4.69, 9.17) is 4.74 Å². The first kappa shape index (κ1) is 13.7. The van der Waals surface area contributed by atoms with E-state index in [0.29, 0.717) is 12.1 Å². The van der Waals surface area contributed by atoms with Crippen LogP contribution in [0.15, 0.2) is 12.2 Å². The van der Waals surface area contributed by atoms with Crippen LogP contribution in [0.3, 0.4) is 0 Å². The van der Waals surface area contributed by atoms with E-state index in [1.165, 1.54) is 0 Å². The molecule has 0 radical (unpaired) electrons. The molecule has 0 rings (SSSR count). The molecule has 0 N–H and O–H groups in total. The Labute approximate surface area is 88.9 Å². The highest BCUT2D eigenvalue weighted by atomic mass is 16.5. The van der Waals surface area contributed by atoms with Gasteiger partial charge in [-0.25, -0.2) is 0 Å². The Hall–Kier alpha value is -0.340. The van der Waals surface area contributed by atoms with E-state index < -0.39 is 0 Å². The smallest absolute Gasteiger partial charge is 0.0496 e. The molecule has 0 bridgehead atoms. The summed E-state index contributed by atoms with van der Waals surface area (Å²) in [6, 6.07) is 1.23. The van der Waals surface area contributed by atoms with Gasteiger partial charge in [0.2, 0.25) is 0 Å². The molecule has 0 saturated carbocycles. The zero-order valence-electron chi connectivity index (χ0n) is 10.3. The quantitative estimate of drug-likeness (QED) is 0.462. The summed E-state index contributed by atoms with van der Waals surface area (Å²) in [5, 5.41) is 0. The van der Waals surface area contributed by atoms with Crippen molar-refractivity contribution in [1.82, 2.24) is 4.90 Å². The van der Waals surface area contributed by atoms with Gasteiger partial charge >= 0.3 is 0 Å². The highest BCUT2D eigenvalue weighted by Crippen LogP contribution is 2.04. The fourth-order valence-corrected chi connectivity index (χ4v) is 1.52. The van der Waals surface area contributed by atoms with Crippen molar-refractivity contribution in [3.63, 3.8) is 0 Å². The summed E-state index contributed by atoms with van der Waals surface area (Å²) in [7, 11) is 1.74. The van der Waals surface area contributed by atoms with Gasteiger partial charge in [-0.2, -0.15) is 0 Å². The van der Waals surface area contributed by atoms with Gasteiger partial charge in [-0.1, -0.05) is 12.2 Å². The minimum atomic E-state index is 0.613. The zero-order valence-corrected chi connectivity index (χ0v) is 10.3. The van der Waals surface area contributed by atoms with E-state index in [9.17, 15) is 0 Å². The second-order valence-corrected chi connectivity index (χ2v) is 4.14. The maximum atomic E-state index is 4.98. The SMILES string of the molecule is COCC/C=C/CN(C(C)C)C(C)C. The van der Waals surface area contributed by atoms with Gasteiger partial charge in [0.15, 0.2) is 0 Å². The van der Waals surface area contributed by atoms with Crippen LogP contribution >= 0.6 is 0 Å². The van der Waals surface area contributed by atoms with Gasteiger partial charge in [0.05, 0.1) is 0 Å². The highest BCUT2D eigenvalue weighted by Gasteiger charge is 2.10. The van der Waals surface area contributed by atoms with Gasteiger partial charge in [0.1, 0.15) is 0 Å². The fourth-order valence-electron chi connectivity index (χ4n) is 1.52. The summed E-state index contributed by atoms with van der Waals surface area (Å²) in [6.07, 6.45) is 5.45. The van der Waals surface area contributed by atoms with Crippen LogP contribution in [0.1, 0.15) is 34.1 Å². The van der Waals surface area contributed by atoms with E-state index in [-0.39, 0.29) is 0 Å². The summed E-state index contributed by atoms with van der Waals surface area (Å²) in [5.41, 5.74) is 0. The third-order valence-electron chi connectivity index (χ3n) is 2.30. The van der Waals surface area contributed by atoms with Crippen LogP contribution in [0.25, 0.3) is 0 Å². The first-order valence-electron chi connectivity index (χ1n) is 5.49. The Bertz CT molecular complexity index is 144. The van der Waals surface area contributed by atoms with Crippen molar-refractivity contribution in [2.24, 2.45) is 0 Å². The Morgan fingerprint density at radius 2 is 1.64 bits per heavy atom. The lowest BCUT2D eigenvalue weighted by Gasteiger charge is -2.29. The molecule has 0 spiro atoms. The molecule has 2 heteroatoms. The molecule has 0 atom stereocenters. The molecular weight excluding hydrogens is 174 g/mol. The highest BCUT2D eigenvalue weighted by molar-refractivity contribution is 4.86. The normalized spacial score (nSPS) is 12.6. The van der Waals surface area contributed by atoms with Crippen LogP contribution in [-0.4, -0.2) is 37.2 Å². The molecule has 0 unspecified atom stereocenters. The number of rotatable bonds is 7. The molecule has 0 aromatic carbocycles. The molecule has 0 aliphatic carbocycles. The van der Waals surface area contributed by atoms with Crippen LogP contribution in [0.4, 0.5) is 0 Å². The van der Waals surface area contributed by atoms with Crippen LogP contribution < -0.4 is 0 Å². The number of hydrogen-bond acceptors (Lipinski definition) is 2. The van der Waals surface area contributed by atoms with E-state index >= 15 is 0 Å². The van der Waals surface area contributed by atoms with Crippen LogP contribution in [0, 0.1) is 0 Å². The van der Waals surface area contributed by atoms with E-state index in [1.807, 2.05) is 0 Å². The van der Waals surface area contributed by atoms with Crippen molar-refractivity contribution in [1.29, 1.82) is 0 Å². The second-order valence-electron chi connectivity index (χ2n) is 4.14. The molecular formula is C12H25NO. The van der Waals surface area contributed by atoms with Crippen LogP contribution in [0.5, 0.6) is 0 Å². The summed E-state index contributed by atoms with van der Waals surface area (Å²) in [4.78, 5) is 2.46. The van der Waals surface area contributed by atoms with Crippen molar-refractivity contribution in [3.8, 4) is 0 Å². The molecule has 14 heavy (non-hydrogen) atoms. The third kappa shape index (κ3) is 6.17. The number of ether oxygens (including phenoxy) is 1. The lowest BCUT2D eigenvalue weighted by atomic mass is 10.2. The molecule has 0 saturated heterocycles. The molecule has 0 heterocycles. The number of hydrogen-bond donors (Lipinski definition) is 0.